The molecule has 0 N–H and O–H groups in total. The van der Waals surface area contributed by atoms with Crippen LogP contribution in [0.4, 0.5) is 0 Å². The first kappa shape index (κ1) is 21.4. The molecule has 3 rings (SSSR count). The molecule has 0 saturated carbocycles. The molecule has 5 nitrogen and oxygen atoms in total. The summed E-state index contributed by atoms with van der Waals surface area (Å²) in [6, 6.07) is 17.2. The first-order valence-electron chi connectivity index (χ1n) is 9.33. The Morgan fingerprint density at radius 1 is 0.767 bits per heavy atom. The van der Waals surface area contributed by atoms with Gasteiger partial charge in [-0.3, -0.25) is 4.79 Å². The number of ether oxygens (including phenoxy) is 2. The zero-order valence-corrected chi connectivity index (χ0v) is 18.2. The average Bonchev–Trinajstić information content (AvgIpc) is 2.77. The Hall–Kier alpha value is -3.30. The third-order valence-corrected chi connectivity index (χ3v) is 6.27. The second-order valence-corrected chi connectivity index (χ2v) is 8.23. The topological polar surface area (TPSA) is 69.7 Å². The second-order valence-electron chi connectivity index (χ2n) is 6.76. The normalized spacial score (nSPS) is 11.0. The van der Waals surface area contributed by atoms with Crippen molar-refractivity contribution in [2.45, 2.75) is 13.8 Å². The van der Waals surface area contributed by atoms with Gasteiger partial charge >= 0.3 is 13.3 Å². The van der Waals surface area contributed by atoms with Gasteiger partial charge in [-0.2, -0.15) is 0 Å². The lowest BCUT2D eigenvalue weighted by molar-refractivity contribution is 0.103. The van der Waals surface area contributed by atoms with Crippen molar-refractivity contribution in [3.05, 3.63) is 88.5 Å². The molecule has 152 valence electrons. The molecule has 3 aromatic rings. The Labute approximate surface area is 176 Å². The molecule has 0 fully saturated rings. The maximum absolute atomic E-state index is 13.3. The Kier molecular flexibility index (Phi) is 6.43. The van der Waals surface area contributed by atoms with Crippen LogP contribution in [0.3, 0.4) is 0 Å². The number of rotatable bonds is 7. The second kappa shape index (κ2) is 9.02. The van der Waals surface area contributed by atoms with Crippen molar-refractivity contribution in [1.29, 1.82) is 0 Å². The molecular weight excluding hydrogens is 399 g/mol. The van der Waals surface area contributed by atoms with Crippen LogP contribution in [0.2, 0.25) is 0 Å². The number of aryl methyl sites for hydroxylation is 2. The lowest BCUT2D eigenvalue weighted by Crippen LogP contribution is -2.15. The van der Waals surface area contributed by atoms with E-state index in [0.29, 0.717) is 11.1 Å². The molecule has 0 aliphatic carbocycles. The number of hydrogen-bond acceptors (Lipinski definition) is 5. The molecule has 1 unspecified atom stereocenters. The van der Waals surface area contributed by atoms with Gasteiger partial charge < -0.3 is 9.47 Å². The molecule has 0 aliphatic heterocycles. The Balaban J connectivity index is 2.16. The summed E-state index contributed by atoms with van der Waals surface area (Å²) in [5.74, 6) is 0.0327. The van der Waals surface area contributed by atoms with Crippen LogP contribution >= 0.6 is 7.80 Å². The Bertz CT molecular complexity index is 1120. The smallest absolute Gasteiger partial charge is 0.462 e. The summed E-state index contributed by atoms with van der Waals surface area (Å²) in [6.45, 7) is 3.61. The maximum atomic E-state index is 13.3. The van der Waals surface area contributed by atoms with E-state index in [4.69, 9.17) is 9.47 Å². The summed E-state index contributed by atoms with van der Waals surface area (Å²) in [5.41, 5.74) is 1.99. The third-order valence-electron chi connectivity index (χ3n) is 4.88. The maximum Gasteiger partial charge on any atom is 0.462 e. The molecule has 0 radical (unpaired) electrons. The lowest BCUT2D eigenvalue weighted by Gasteiger charge is -2.12. The molecule has 3 aromatic carbocycles. The molecule has 6 heteroatoms. The van der Waals surface area contributed by atoms with E-state index in [9.17, 15) is 14.2 Å². The van der Waals surface area contributed by atoms with Crippen molar-refractivity contribution < 1.29 is 23.6 Å². The van der Waals surface area contributed by atoms with Crippen molar-refractivity contribution in [1.82, 2.24) is 0 Å². The van der Waals surface area contributed by atoms with Crippen molar-refractivity contribution in [2.75, 3.05) is 14.2 Å². The quantitative estimate of drug-likeness (QED) is 0.403. The van der Waals surface area contributed by atoms with Gasteiger partial charge in [0.1, 0.15) is 11.3 Å². The van der Waals surface area contributed by atoms with Gasteiger partial charge in [0.25, 0.3) is 0 Å². The van der Waals surface area contributed by atoms with E-state index < -0.39 is 13.3 Å². The van der Waals surface area contributed by atoms with Crippen LogP contribution in [0.15, 0.2) is 60.7 Å². The highest BCUT2D eigenvalue weighted by molar-refractivity contribution is 7.71. The highest BCUT2D eigenvalue weighted by Gasteiger charge is 2.40. The zero-order chi connectivity index (χ0) is 21.8. The number of carbonyl (C=O) groups is 2. The fourth-order valence-electron chi connectivity index (χ4n) is 3.40. The number of hydrogen-bond donors (Lipinski definition) is 0. The molecule has 0 saturated heterocycles. The van der Waals surface area contributed by atoms with Crippen LogP contribution in [0.1, 0.15) is 37.4 Å². The fourth-order valence-corrected chi connectivity index (χ4v) is 4.77. The standard InChI is InChI=1S/C24H22O5P/c1-15-9-8-10-16(2)20(15)24(26)30(27)19-14-13-18(28-3)21(23(19)29-4)22(25)17-11-6-5-7-12-17/h5-14H,1-4H3/q+1. The van der Waals surface area contributed by atoms with E-state index in [2.05, 4.69) is 0 Å². The molecule has 0 amide bonds. The van der Waals surface area contributed by atoms with Crippen molar-refractivity contribution in [3.8, 4) is 11.5 Å². The van der Waals surface area contributed by atoms with Gasteiger partial charge in [-0.05, 0) is 37.1 Å². The minimum absolute atomic E-state index is 0.0869. The van der Waals surface area contributed by atoms with E-state index >= 15 is 0 Å². The Morgan fingerprint density at radius 3 is 1.97 bits per heavy atom. The van der Waals surface area contributed by atoms with Crippen LogP contribution in [0.25, 0.3) is 0 Å². The number of benzene rings is 3. The monoisotopic (exact) mass is 421 g/mol. The summed E-state index contributed by atoms with van der Waals surface area (Å²) in [4.78, 5) is 26.3. The van der Waals surface area contributed by atoms with Crippen LogP contribution in [-0.2, 0) is 4.57 Å². The van der Waals surface area contributed by atoms with Gasteiger partial charge in [-0.25, -0.2) is 4.79 Å². The molecule has 0 aliphatic rings. The Morgan fingerprint density at radius 2 is 1.40 bits per heavy atom. The fraction of sp³-hybridized carbons (Fsp3) is 0.167. The summed E-state index contributed by atoms with van der Waals surface area (Å²) in [7, 11) is 0.303. The van der Waals surface area contributed by atoms with E-state index in [0.717, 1.165) is 11.1 Å². The molecule has 0 heterocycles. The van der Waals surface area contributed by atoms with E-state index in [1.54, 1.807) is 56.3 Å². The van der Waals surface area contributed by atoms with Crippen molar-refractivity contribution in [2.24, 2.45) is 0 Å². The van der Waals surface area contributed by atoms with E-state index in [1.807, 2.05) is 12.1 Å². The number of carbonyl (C=O) groups excluding carboxylic acids is 2. The summed E-state index contributed by atoms with van der Waals surface area (Å²) < 4.78 is 24.2. The van der Waals surface area contributed by atoms with Gasteiger partial charge in [-0.15, -0.1) is 0 Å². The predicted octanol–water partition coefficient (Wildman–Crippen LogP) is 4.84. The van der Waals surface area contributed by atoms with Crippen LogP contribution in [-0.4, -0.2) is 25.5 Å². The van der Waals surface area contributed by atoms with Crippen molar-refractivity contribution >= 4 is 24.4 Å². The first-order chi connectivity index (χ1) is 14.4. The van der Waals surface area contributed by atoms with Gasteiger partial charge in [0.2, 0.25) is 11.1 Å². The van der Waals surface area contributed by atoms with Crippen LogP contribution in [0, 0.1) is 13.8 Å². The highest BCUT2D eigenvalue weighted by atomic mass is 31.1. The lowest BCUT2D eigenvalue weighted by atomic mass is 10.0. The third kappa shape index (κ3) is 3.89. The first-order valence-corrected chi connectivity index (χ1v) is 10.6. The molecule has 0 spiro atoms. The average molecular weight is 421 g/mol. The molecule has 1 atom stereocenters. The molecule has 0 bridgehead atoms. The van der Waals surface area contributed by atoms with Gasteiger partial charge in [0.15, 0.2) is 5.75 Å². The van der Waals surface area contributed by atoms with Crippen LogP contribution in [0.5, 0.6) is 11.5 Å². The SMILES string of the molecule is COc1ccc([P+](=O)C(=O)c2c(C)cccc2C)c(OC)c1C(=O)c1ccccc1. The minimum atomic E-state index is -2.52. The highest BCUT2D eigenvalue weighted by Crippen LogP contribution is 2.38. The van der Waals surface area contributed by atoms with E-state index in [-0.39, 0.29) is 28.2 Å². The molecule has 0 aromatic heterocycles. The summed E-state index contributed by atoms with van der Waals surface area (Å²) in [5, 5.41) is 0.167. The number of methoxy groups -OCH3 is 2. The van der Waals surface area contributed by atoms with Gasteiger partial charge in [-0.1, -0.05) is 53.1 Å². The summed E-state index contributed by atoms with van der Waals surface area (Å²) >= 11 is 0. The van der Waals surface area contributed by atoms with Crippen molar-refractivity contribution in [3.63, 3.8) is 0 Å². The summed E-state index contributed by atoms with van der Waals surface area (Å²) in [6.07, 6.45) is 0. The molecular formula is C24H22O5P+. The number of ketones is 1. The predicted molar refractivity (Wildman–Crippen MR) is 117 cm³/mol. The largest absolute Gasteiger partial charge is 0.496 e. The van der Waals surface area contributed by atoms with Gasteiger partial charge in [0, 0.05) is 5.56 Å². The zero-order valence-electron chi connectivity index (χ0n) is 17.3. The minimum Gasteiger partial charge on any atom is -0.496 e. The molecule has 30 heavy (non-hydrogen) atoms. The van der Waals surface area contributed by atoms with Gasteiger partial charge in [0.05, 0.1) is 19.8 Å². The van der Waals surface area contributed by atoms with Crippen LogP contribution < -0.4 is 14.8 Å². The van der Waals surface area contributed by atoms with E-state index in [1.165, 1.54) is 20.3 Å².